The highest BCUT2D eigenvalue weighted by atomic mass is 32.2. The van der Waals surface area contributed by atoms with Crippen molar-refractivity contribution in [1.29, 1.82) is 0 Å². The Morgan fingerprint density at radius 3 is 2.52 bits per heavy atom. The lowest BCUT2D eigenvalue weighted by atomic mass is 10.2. The molecule has 1 aromatic heterocycles. The molecule has 1 amide bonds. The maximum absolute atomic E-state index is 12.4. The number of amides is 1. The lowest BCUT2D eigenvalue weighted by Crippen LogP contribution is -2.14. The molecular weight excluding hydrogens is 307 g/mol. The van der Waals surface area contributed by atoms with Gasteiger partial charge in [-0.25, -0.2) is 5.10 Å². The van der Waals surface area contributed by atoms with E-state index in [0.29, 0.717) is 5.16 Å². The molecule has 0 unspecified atom stereocenters. The number of rotatable bonds is 4. The van der Waals surface area contributed by atoms with Crippen molar-refractivity contribution in [1.82, 2.24) is 15.2 Å². The van der Waals surface area contributed by atoms with E-state index in [1.54, 1.807) is 0 Å². The number of alkyl halides is 3. The number of nitrogens with zero attached hydrogens (tertiary/aromatic N) is 2. The molecule has 0 atom stereocenters. The average molecular weight is 317 g/mol. The van der Waals surface area contributed by atoms with Gasteiger partial charge in [-0.3, -0.25) is 4.79 Å². The van der Waals surface area contributed by atoms with Crippen LogP contribution in [0, 0.1) is 0 Å². The molecule has 0 saturated carbocycles. The number of benzene rings is 1. The number of hydrogen-bond donors (Lipinski definition) is 3. The van der Waals surface area contributed by atoms with Crippen LogP contribution in [0.4, 0.5) is 24.8 Å². The first kappa shape index (κ1) is 15.2. The van der Waals surface area contributed by atoms with Crippen LogP contribution in [0.2, 0.25) is 0 Å². The summed E-state index contributed by atoms with van der Waals surface area (Å²) in [6.07, 6.45) is -4.40. The molecule has 0 aliphatic rings. The molecule has 1 aromatic carbocycles. The number of aromatic nitrogens is 3. The Labute approximate surface area is 121 Å². The summed E-state index contributed by atoms with van der Waals surface area (Å²) in [5.74, 6) is -0.234. The van der Waals surface area contributed by atoms with Crippen molar-refractivity contribution in [3.8, 4) is 0 Å². The standard InChI is InChI=1S/C11H10F3N5OS/c12-11(13,14)6-1-3-7(4-2-6)16-8(20)5-21-10-17-9(15)18-19-10/h1-4H,5H2,(H,16,20)(H3,15,17,18,19). The van der Waals surface area contributed by atoms with E-state index >= 15 is 0 Å². The van der Waals surface area contributed by atoms with E-state index in [0.717, 1.165) is 23.9 Å². The Morgan fingerprint density at radius 2 is 2.00 bits per heavy atom. The van der Waals surface area contributed by atoms with Crippen molar-refractivity contribution in [3.05, 3.63) is 29.8 Å². The highest BCUT2D eigenvalue weighted by molar-refractivity contribution is 7.99. The Kier molecular flexibility index (Phi) is 4.36. The fraction of sp³-hybridized carbons (Fsp3) is 0.182. The van der Waals surface area contributed by atoms with Crippen molar-refractivity contribution in [2.75, 3.05) is 16.8 Å². The van der Waals surface area contributed by atoms with Gasteiger partial charge in [0.15, 0.2) is 0 Å². The van der Waals surface area contributed by atoms with Crippen LogP contribution in [0.1, 0.15) is 5.56 Å². The van der Waals surface area contributed by atoms with Crippen LogP contribution in [0.5, 0.6) is 0 Å². The van der Waals surface area contributed by atoms with Crippen LogP contribution in [0.15, 0.2) is 29.4 Å². The van der Waals surface area contributed by atoms with Gasteiger partial charge >= 0.3 is 6.18 Å². The number of thioether (sulfide) groups is 1. The largest absolute Gasteiger partial charge is 0.416 e. The molecule has 112 valence electrons. The number of nitrogen functional groups attached to an aromatic ring is 1. The monoisotopic (exact) mass is 317 g/mol. The minimum atomic E-state index is -4.40. The van der Waals surface area contributed by atoms with Crippen LogP contribution < -0.4 is 11.1 Å². The minimum absolute atomic E-state index is 0.0122. The molecule has 2 aromatic rings. The number of H-pyrrole nitrogens is 1. The van der Waals surface area contributed by atoms with Crippen LogP contribution in [-0.2, 0) is 11.0 Å². The summed E-state index contributed by atoms with van der Waals surface area (Å²) in [6.45, 7) is 0. The molecular formula is C11H10F3N5OS. The first-order valence-electron chi connectivity index (χ1n) is 5.62. The van der Waals surface area contributed by atoms with Gasteiger partial charge in [0.1, 0.15) is 0 Å². The van der Waals surface area contributed by atoms with Crippen molar-refractivity contribution in [2.24, 2.45) is 0 Å². The lowest BCUT2D eigenvalue weighted by molar-refractivity contribution is -0.137. The first-order valence-corrected chi connectivity index (χ1v) is 6.61. The number of nitrogens with one attached hydrogen (secondary N) is 2. The zero-order chi connectivity index (χ0) is 15.5. The molecule has 0 fully saturated rings. The number of anilines is 2. The van der Waals surface area contributed by atoms with Gasteiger partial charge in [-0.15, -0.1) is 5.10 Å². The van der Waals surface area contributed by atoms with Crippen molar-refractivity contribution < 1.29 is 18.0 Å². The number of nitrogens with two attached hydrogens (primary N) is 1. The van der Waals surface area contributed by atoms with E-state index < -0.39 is 11.7 Å². The van der Waals surface area contributed by atoms with Gasteiger partial charge in [0.2, 0.25) is 17.0 Å². The summed E-state index contributed by atoms with van der Waals surface area (Å²) < 4.78 is 37.1. The van der Waals surface area contributed by atoms with Crippen LogP contribution in [0.3, 0.4) is 0 Å². The maximum Gasteiger partial charge on any atom is 0.416 e. The van der Waals surface area contributed by atoms with E-state index in [-0.39, 0.29) is 23.3 Å². The predicted molar refractivity (Wildman–Crippen MR) is 71.6 cm³/mol. The third-order valence-electron chi connectivity index (χ3n) is 2.31. The highest BCUT2D eigenvalue weighted by Gasteiger charge is 2.29. The molecule has 4 N–H and O–H groups in total. The molecule has 1 heterocycles. The minimum Gasteiger partial charge on any atom is -0.368 e. The molecule has 6 nitrogen and oxygen atoms in total. The summed E-state index contributed by atoms with van der Waals surface area (Å²) in [5.41, 5.74) is 4.83. The van der Waals surface area contributed by atoms with E-state index in [1.807, 2.05) is 0 Å². The van der Waals surface area contributed by atoms with E-state index in [2.05, 4.69) is 20.5 Å². The molecule has 10 heteroatoms. The second kappa shape index (κ2) is 6.04. The van der Waals surface area contributed by atoms with Crippen LogP contribution in [-0.4, -0.2) is 26.8 Å². The lowest BCUT2D eigenvalue weighted by Gasteiger charge is -2.08. The zero-order valence-electron chi connectivity index (χ0n) is 10.4. The van der Waals surface area contributed by atoms with Crippen LogP contribution >= 0.6 is 11.8 Å². The summed E-state index contributed by atoms with van der Waals surface area (Å²) in [5, 5.41) is 8.94. The summed E-state index contributed by atoms with van der Waals surface area (Å²) in [6, 6.07) is 4.18. The van der Waals surface area contributed by atoms with Gasteiger partial charge in [0.25, 0.3) is 0 Å². The van der Waals surface area contributed by atoms with Gasteiger partial charge < -0.3 is 11.1 Å². The Balaban J connectivity index is 1.88. The number of carbonyl (C=O) groups is 1. The van der Waals surface area contributed by atoms with Crippen molar-refractivity contribution in [3.63, 3.8) is 0 Å². The Morgan fingerprint density at radius 1 is 1.33 bits per heavy atom. The number of aromatic amines is 1. The second-order valence-corrected chi connectivity index (χ2v) is 4.86. The Hall–Kier alpha value is -2.23. The average Bonchev–Trinajstić information content (AvgIpc) is 2.82. The summed E-state index contributed by atoms with van der Waals surface area (Å²) in [4.78, 5) is 15.4. The van der Waals surface area contributed by atoms with E-state index in [9.17, 15) is 18.0 Å². The van der Waals surface area contributed by atoms with Crippen LogP contribution in [0.25, 0.3) is 0 Å². The summed E-state index contributed by atoms with van der Waals surface area (Å²) in [7, 11) is 0. The summed E-state index contributed by atoms with van der Waals surface area (Å²) >= 11 is 1.05. The highest BCUT2D eigenvalue weighted by Crippen LogP contribution is 2.29. The van der Waals surface area contributed by atoms with Gasteiger partial charge in [0, 0.05) is 5.69 Å². The number of hydrogen-bond acceptors (Lipinski definition) is 5. The molecule has 0 spiro atoms. The zero-order valence-corrected chi connectivity index (χ0v) is 11.3. The third-order valence-corrected chi connectivity index (χ3v) is 3.16. The third kappa shape index (κ3) is 4.38. The molecule has 2 rings (SSSR count). The maximum atomic E-state index is 12.4. The topological polar surface area (TPSA) is 96.7 Å². The van der Waals surface area contributed by atoms with Crippen molar-refractivity contribution in [2.45, 2.75) is 11.3 Å². The predicted octanol–water partition coefficient (Wildman–Crippen LogP) is 2.14. The van der Waals surface area contributed by atoms with E-state index in [4.69, 9.17) is 5.73 Å². The molecule has 0 radical (unpaired) electrons. The fourth-order valence-corrected chi connectivity index (χ4v) is 2.00. The van der Waals surface area contributed by atoms with E-state index in [1.165, 1.54) is 12.1 Å². The fourth-order valence-electron chi connectivity index (χ4n) is 1.39. The first-order chi connectivity index (χ1) is 9.84. The van der Waals surface area contributed by atoms with Gasteiger partial charge in [-0.1, -0.05) is 11.8 Å². The van der Waals surface area contributed by atoms with Crippen molar-refractivity contribution >= 4 is 29.3 Å². The molecule has 0 bridgehead atoms. The van der Waals surface area contributed by atoms with Gasteiger partial charge in [-0.05, 0) is 24.3 Å². The Bertz CT molecular complexity index is 626. The number of carbonyl (C=O) groups excluding carboxylic acids is 1. The number of halogens is 3. The molecule has 21 heavy (non-hydrogen) atoms. The second-order valence-electron chi connectivity index (χ2n) is 3.92. The molecule has 0 saturated heterocycles. The van der Waals surface area contributed by atoms with Gasteiger partial charge in [0.05, 0.1) is 11.3 Å². The molecule has 0 aliphatic carbocycles. The smallest absolute Gasteiger partial charge is 0.368 e. The molecule has 0 aliphatic heterocycles. The van der Waals surface area contributed by atoms with Gasteiger partial charge in [-0.2, -0.15) is 18.2 Å². The quantitative estimate of drug-likeness (QED) is 0.751. The normalized spacial score (nSPS) is 11.4. The SMILES string of the molecule is Nc1nc(SCC(=O)Nc2ccc(C(F)(F)F)cc2)n[nH]1.